The number of rotatable bonds is 4. The Hall–Kier alpha value is -1.96. The van der Waals surface area contributed by atoms with Crippen LogP contribution in [0.1, 0.15) is 13.3 Å². The van der Waals surface area contributed by atoms with Crippen LogP contribution in [0.3, 0.4) is 0 Å². The lowest BCUT2D eigenvalue weighted by Crippen LogP contribution is -2.48. The predicted molar refractivity (Wildman–Crippen MR) is 70.7 cm³/mol. The van der Waals surface area contributed by atoms with Crippen LogP contribution in [0.15, 0.2) is 24.3 Å². The van der Waals surface area contributed by atoms with Gasteiger partial charge in [0.15, 0.2) is 17.1 Å². The highest BCUT2D eigenvalue weighted by atomic mass is 19.4. The van der Waals surface area contributed by atoms with Gasteiger partial charge < -0.3 is 19.9 Å². The number of hydrogen-bond acceptors (Lipinski definition) is 4. The van der Waals surface area contributed by atoms with Crippen molar-refractivity contribution in [3.63, 3.8) is 0 Å². The number of ether oxygens (including phenoxy) is 2. The highest BCUT2D eigenvalue weighted by molar-refractivity contribution is 5.77. The monoisotopic (exact) mass is 319 g/mol. The number of halogens is 3. The summed E-state index contributed by atoms with van der Waals surface area (Å²) in [6.07, 6.45) is -6.44. The second-order valence-corrected chi connectivity index (χ2v) is 5.25. The maximum Gasteiger partial charge on any atom is 0.417 e. The van der Waals surface area contributed by atoms with Crippen molar-refractivity contribution in [3.8, 4) is 11.5 Å². The van der Waals surface area contributed by atoms with E-state index in [1.165, 1.54) is 0 Å². The number of hydrogen-bond donors (Lipinski definition) is 2. The molecule has 2 N–H and O–H groups in total. The van der Waals surface area contributed by atoms with Gasteiger partial charge in [-0.2, -0.15) is 13.2 Å². The fourth-order valence-electron chi connectivity index (χ4n) is 1.87. The average molecular weight is 319 g/mol. The topological polar surface area (TPSA) is 67.8 Å². The molecule has 0 aromatic heterocycles. The maximum atomic E-state index is 12.5. The number of para-hydroxylation sites is 2. The first-order chi connectivity index (χ1) is 10.2. The van der Waals surface area contributed by atoms with Crippen molar-refractivity contribution in [2.75, 3.05) is 13.2 Å². The lowest BCUT2D eigenvalue weighted by atomic mass is 10.0. The van der Waals surface area contributed by atoms with Crippen molar-refractivity contribution in [1.82, 2.24) is 5.32 Å². The van der Waals surface area contributed by atoms with Crippen LogP contribution in [0.4, 0.5) is 13.2 Å². The van der Waals surface area contributed by atoms with E-state index in [1.807, 2.05) is 0 Å². The molecule has 1 heterocycles. The normalized spacial score (nSPS) is 20.1. The summed E-state index contributed by atoms with van der Waals surface area (Å²) in [6, 6.07) is 6.95. The molecule has 0 unspecified atom stereocenters. The van der Waals surface area contributed by atoms with E-state index in [-0.39, 0.29) is 13.2 Å². The van der Waals surface area contributed by atoms with Crippen LogP contribution in [0.2, 0.25) is 0 Å². The summed E-state index contributed by atoms with van der Waals surface area (Å²) in [5, 5.41) is 11.6. The molecule has 0 fully saturated rings. The minimum atomic E-state index is -4.87. The number of benzene rings is 1. The van der Waals surface area contributed by atoms with Gasteiger partial charge >= 0.3 is 6.18 Å². The molecule has 0 bridgehead atoms. The molecule has 5 nitrogen and oxygen atoms in total. The first-order valence-corrected chi connectivity index (χ1v) is 6.63. The Balaban J connectivity index is 1.83. The minimum Gasteiger partial charge on any atom is -0.486 e. The van der Waals surface area contributed by atoms with Gasteiger partial charge in [-0.1, -0.05) is 12.1 Å². The third kappa shape index (κ3) is 3.82. The van der Waals surface area contributed by atoms with Crippen LogP contribution >= 0.6 is 0 Å². The lowest BCUT2D eigenvalue weighted by Gasteiger charge is -2.28. The van der Waals surface area contributed by atoms with E-state index in [1.54, 1.807) is 24.3 Å². The predicted octanol–water partition coefficient (Wildman–Crippen LogP) is 1.65. The number of alkyl halides is 3. The molecule has 0 spiro atoms. The molecule has 0 saturated heterocycles. The number of amides is 1. The van der Waals surface area contributed by atoms with Crippen molar-refractivity contribution in [3.05, 3.63) is 24.3 Å². The lowest BCUT2D eigenvalue weighted by molar-refractivity contribution is -0.253. The van der Waals surface area contributed by atoms with E-state index in [0.717, 1.165) is 0 Å². The summed E-state index contributed by atoms with van der Waals surface area (Å²) >= 11 is 0. The molecule has 1 amide bonds. The second kappa shape index (κ2) is 6.04. The van der Waals surface area contributed by atoms with Gasteiger partial charge in [-0.3, -0.25) is 4.79 Å². The molecule has 0 radical (unpaired) electrons. The van der Waals surface area contributed by atoms with Crippen LogP contribution in [0.25, 0.3) is 0 Å². The fraction of sp³-hybridized carbons (Fsp3) is 0.500. The molecule has 1 aliphatic heterocycles. The van der Waals surface area contributed by atoms with Gasteiger partial charge in [0.25, 0.3) is 0 Å². The highest BCUT2D eigenvalue weighted by Crippen LogP contribution is 2.33. The Morgan fingerprint density at radius 1 is 1.36 bits per heavy atom. The summed E-state index contributed by atoms with van der Waals surface area (Å²) in [4.78, 5) is 11.5. The number of carbonyl (C=O) groups excluding carboxylic acids is 1. The van der Waals surface area contributed by atoms with E-state index in [2.05, 4.69) is 5.32 Å². The van der Waals surface area contributed by atoms with Crippen LogP contribution < -0.4 is 14.8 Å². The zero-order valence-corrected chi connectivity index (χ0v) is 11.8. The molecule has 2 atom stereocenters. The molecular formula is C14H16F3NO4. The first-order valence-electron chi connectivity index (χ1n) is 6.63. The van der Waals surface area contributed by atoms with Gasteiger partial charge in [-0.25, -0.2) is 0 Å². The van der Waals surface area contributed by atoms with E-state index >= 15 is 0 Å². The third-order valence-corrected chi connectivity index (χ3v) is 3.21. The summed E-state index contributed by atoms with van der Waals surface area (Å²) in [6.45, 7) is 0.719. The zero-order valence-electron chi connectivity index (χ0n) is 11.8. The average Bonchev–Trinajstić information content (AvgIpc) is 2.43. The molecule has 1 aromatic carbocycles. The summed E-state index contributed by atoms with van der Waals surface area (Å²) in [5.74, 6) is 0.171. The van der Waals surface area contributed by atoms with Gasteiger partial charge in [0, 0.05) is 0 Å². The molecule has 8 heteroatoms. The summed E-state index contributed by atoms with van der Waals surface area (Å²) in [5.41, 5.74) is -3.06. The molecule has 22 heavy (non-hydrogen) atoms. The second-order valence-electron chi connectivity index (χ2n) is 5.25. The van der Waals surface area contributed by atoms with E-state index in [4.69, 9.17) is 9.47 Å². The highest BCUT2D eigenvalue weighted by Gasteiger charge is 2.50. The van der Waals surface area contributed by atoms with Crippen LogP contribution in [-0.4, -0.2) is 42.0 Å². The molecular weight excluding hydrogens is 303 g/mol. The number of aliphatic hydroxyl groups is 1. The Labute approximate surface area is 125 Å². The quantitative estimate of drug-likeness (QED) is 0.885. The van der Waals surface area contributed by atoms with Crippen molar-refractivity contribution < 1.29 is 32.5 Å². The van der Waals surface area contributed by atoms with Crippen molar-refractivity contribution in [2.24, 2.45) is 0 Å². The first kappa shape index (κ1) is 16.4. The Morgan fingerprint density at radius 3 is 2.64 bits per heavy atom. The zero-order chi connectivity index (χ0) is 16.4. The van der Waals surface area contributed by atoms with Gasteiger partial charge in [-0.15, -0.1) is 0 Å². The van der Waals surface area contributed by atoms with Crippen molar-refractivity contribution in [2.45, 2.75) is 31.2 Å². The fourth-order valence-corrected chi connectivity index (χ4v) is 1.87. The SMILES string of the molecule is C[C@](O)(CC(=O)NC[C@H]1COc2ccccc2O1)C(F)(F)F. The Morgan fingerprint density at radius 2 is 2.00 bits per heavy atom. The maximum absolute atomic E-state index is 12.5. The number of fused-ring (bicyclic) bond motifs is 1. The summed E-state index contributed by atoms with van der Waals surface area (Å²) in [7, 11) is 0. The largest absolute Gasteiger partial charge is 0.486 e. The summed E-state index contributed by atoms with van der Waals surface area (Å²) < 4.78 is 48.4. The van der Waals surface area contributed by atoms with Crippen molar-refractivity contribution >= 4 is 5.91 Å². The number of nitrogens with one attached hydrogen (secondary N) is 1. The van der Waals surface area contributed by atoms with Gasteiger partial charge in [0.1, 0.15) is 12.7 Å². The van der Waals surface area contributed by atoms with Gasteiger partial charge in [0.05, 0.1) is 13.0 Å². The molecule has 122 valence electrons. The molecule has 1 aliphatic rings. The molecule has 2 rings (SSSR count). The van der Waals surface area contributed by atoms with Crippen LogP contribution in [-0.2, 0) is 4.79 Å². The molecule has 1 aromatic rings. The Kier molecular flexibility index (Phi) is 4.50. The van der Waals surface area contributed by atoms with E-state index in [0.29, 0.717) is 18.4 Å². The van der Waals surface area contributed by atoms with Crippen molar-refractivity contribution in [1.29, 1.82) is 0 Å². The molecule has 0 saturated carbocycles. The van der Waals surface area contributed by atoms with E-state index < -0.39 is 30.2 Å². The van der Waals surface area contributed by atoms with Crippen LogP contribution in [0, 0.1) is 0 Å². The molecule has 0 aliphatic carbocycles. The van der Waals surface area contributed by atoms with Gasteiger partial charge in [-0.05, 0) is 19.1 Å². The third-order valence-electron chi connectivity index (χ3n) is 3.21. The van der Waals surface area contributed by atoms with Crippen LogP contribution in [0.5, 0.6) is 11.5 Å². The van der Waals surface area contributed by atoms with Gasteiger partial charge in [0.2, 0.25) is 5.91 Å². The number of carbonyl (C=O) groups is 1. The minimum absolute atomic E-state index is 0.0128. The Bertz CT molecular complexity index is 545. The van der Waals surface area contributed by atoms with E-state index in [9.17, 15) is 23.1 Å². The standard InChI is InChI=1S/C14H16F3NO4/c1-13(20,14(15,16)17)6-12(19)18-7-9-8-21-10-4-2-3-5-11(10)22-9/h2-5,9,20H,6-8H2,1H3,(H,18,19)/t9-,13-/m0/s1. The smallest absolute Gasteiger partial charge is 0.417 e.